The van der Waals surface area contributed by atoms with Crippen LogP contribution in [0, 0.1) is 0 Å². The van der Waals surface area contributed by atoms with Crippen molar-refractivity contribution in [3.05, 3.63) is 96.7 Å². The summed E-state index contributed by atoms with van der Waals surface area (Å²) >= 11 is 0. The molecule has 6 aromatic rings. The van der Waals surface area contributed by atoms with E-state index in [2.05, 4.69) is 15.2 Å². The molecule has 1 aliphatic heterocycles. The van der Waals surface area contributed by atoms with Crippen LogP contribution in [-0.4, -0.2) is 36.9 Å². The van der Waals surface area contributed by atoms with Crippen molar-refractivity contribution in [1.29, 1.82) is 0 Å². The molecule has 10 nitrogen and oxygen atoms in total. The number of ether oxygens (including phenoxy) is 2. The summed E-state index contributed by atoms with van der Waals surface area (Å²) in [6.07, 6.45) is 1.68. The zero-order chi connectivity index (χ0) is 27.1. The number of hydrogen-bond donors (Lipinski definition) is 1. The fourth-order valence-corrected chi connectivity index (χ4v) is 4.95. The van der Waals surface area contributed by atoms with Crippen LogP contribution in [0.25, 0.3) is 33.5 Å². The Balaban J connectivity index is 1.21. The predicted octanol–water partition coefficient (Wildman–Crippen LogP) is 5.85. The van der Waals surface area contributed by atoms with Crippen LogP contribution in [0.15, 0.2) is 101 Å². The van der Waals surface area contributed by atoms with Crippen LogP contribution in [-0.2, 0) is 17.9 Å². The third kappa shape index (κ3) is 4.11. The topological polar surface area (TPSA) is 116 Å². The maximum atomic E-state index is 13.1. The molecule has 1 amide bonds. The lowest BCUT2D eigenvalue weighted by Gasteiger charge is -2.08. The normalized spacial score (nSPS) is 12.6. The largest absolute Gasteiger partial charge is 0.493 e. The van der Waals surface area contributed by atoms with Gasteiger partial charge in [-0.1, -0.05) is 42.5 Å². The summed E-state index contributed by atoms with van der Waals surface area (Å²) < 4.78 is 14.4. The van der Waals surface area contributed by atoms with Gasteiger partial charge in [-0.05, 0) is 48.0 Å². The number of carbonyl (C=O) groups excluding carboxylic acids is 1. The number of aromatic hydroxyl groups is 1. The third-order valence-electron chi connectivity index (χ3n) is 6.80. The van der Waals surface area contributed by atoms with E-state index in [4.69, 9.17) is 14.5 Å². The number of nitrogens with zero attached hydrogens (tertiary/aromatic N) is 6. The van der Waals surface area contributed by atoms with Gasteiger partial charge < -0.3 is 23.7 Å². The Morgan fingerprint density at radius 1 is 0.900 bits per heavy atom. The van der Waals surface area contributed by atoms with Crippen molar-refractivity contribution in [1.82, 2.24) is 19.1 Å². The van der Waals surface area contributed by atoms with Crippen LogP contribution in [0.5, 0.6) is 17.4 Å². The second-order valence-corrected chi connectivity index (χ2v) is 9.28. The lowest BCUT2D eigenvalue weighted by molar-refractivity contribution is -0.118. The fraction of sp³-hybridized carbons (Fsp3) is 0.100. The molecule has 40 heavy (non-hydrogen) atoms. The van der Waals surface area contributed by atoms with Crippen molar-refractivity contribution in [3.8, 4) is 28.9 Å². The predicted molar refractivity (Wildman–Crippen MR) is 148 cm³/mol. The average Bonchev–Trinajstić information content (AvgIpc) is 3.67. The van der Waals surface area contributed by atoms with Crippen molar-refractivity contribution in [3.63, 3.8) is 0 Å². The van der Waals surface area contributed by atoms with Gasteiger partial charge in [0.2, 0.25) is 12.7 Å². The first-order valence-electron chi connectivity index (χ1n) is 12.7. The van der Waals surface area contributed by atoms with Gasteiger partial charge in [0.05, 0.1) is 23.1 Å². The number of para-hydroxylation sites is 3. The van der Waals surface area contributed by atoms with Gasteiger partial charge in [-0.3, -0.25) is 9.78 Å². The third-order valence-corrected chi connectivity index (χ3v) is 6.80. The van der Waals surface area contributed by atoms with E-state index in [-0.39, 0.29) is 24.9 Å². The van der Waals surface area contributed by atoms with Crippen LogP contribution in [0.4, 0.5) is 5.69 Å². The molecular weight excluding hydrogens is 508 g/mol. The molecule has 10 heteroatoms. The maximum absolute atomic E-state index is 13.1. The number of benzene rings is 3. The Morgan fingerprint density at radius 3 is 2.58 bits per heavy atom. The molecule has 0 radical (unpaired) electrons. The highest BCUT2D eigenvalue weighted by molar-refractivity contribution is 5.95. The molecule has 0 bridgehead atoms. The molecule has 1 N–H and O–H groups in total. The zero-order valence-corrected chi connectivity index (χ0v) is 21.1. The van der Waals surface area contributed by atoms with Crippen molar-refractivity contribution >= 4 is 33.5 Å². The van der Waals surface area contributed by atoms with E-state index in [0.29, 0.717) is 34.9 Å². The Hall–Kier alpha value is -5.51. The van der Waals surface area contributed by atoms with E-state index in [9.17, 15) is 9.90 Å². The van der Waals surface area contributed by atoms with Crippen LogP contribution in [0.1, 0.15) is 5.56 Å². The highest BCUT2D eigenvalue weighted by atomic mass is 16.7. The number of pyridine rings is 1. The lowest BCUT2D eigenvalue weighted by Crippen LogP contribution is -2.09. The molecule has 0 aliphatic carbocycles. The summed E-state index contributed by atoms with van der Waals surface area (Å²) in [5.41, 5.74) is 4.08. The molecule has 0 saturated heterocycles. The molecule has 7 rings (SSSR count). The first-order valence-corrected chi connectivity index (χ1v) is 12.7. The van der Waals surface area contributed by atoms with E-state index < -0.39 is 5.91 Å². The number of amides is 1. The van der Waals surface area contributed by atoms with Gasteiger partial charge in [-0.15, -0.1) is 10.2 Å². The minimum Gasteiger partial charge on any atom is -0.493 e. The second-order valence-electron chi connectivity index (χ2n) is 9.28. The molecule has 3 aromatic carbocycles. The maximum Gasteiger partial charge on any atom is 0.284 e. The van der Waals surface area contributed by atoms with E-state index >= 15 is 0 Å². The first kappa shape index (κ1) is 23.6. The molecule has 0 spiro atoms. The monoisotopic (exact) mass is 530 g/mol. The van der Waals surface area contributed by atoms with E-state index in [1.807, 2.05) is 84.9 Å². The lowest BCUT2D eigenvalue weighted by atomic mass is 10.2. The number of carbonyl (C=O) groups is 1. The Morgan fingerprint density at radius 2 is 1.70 bits per heavy atom. The minimum absolute atomic E-state index is 0.0855. The van der Waals surface area contributed by atoms with Gasteiger partial charge in [0.15, 0.2) is 23.0 Å². The van der Waals surface area contributed by atoms with Crippen molar-refractivity contribution in [2.45, 2.75) is 13.1 Å². The van der Waals surface area contributed by atoms with Gasteiger partial charge in [-0.25, -0.2) is 4.98 Å². The summed E-state index contributed by atoms with van der Waals surface area (Å²) in [7, 11) is 0. The molecule has 196 valence electrons. The van der Waals surface area contributed by atoms with E-state index in [1.165, 1.54) is 0 Å². The van der Waals surface area contributed by atoms with Gasteiger partial charge in [0, 0.05) is 11.6 Å². The first-order chi connectivity index (χ1) is 19.7. The molecule has 1 aliphatic rings. The summed E-state index contributed by atoms with van der Waals surface area (Å²) in [6, 6.07) is 26.2. The number of fused-ring (bicyclic) bond motifs is 3. The number of imidazole rings is 1. The summed E-state index contributed by atoms with van der Waals surface area (Å²) in [5.74, 6) is 1.34. The molecule has 0 fully saturated rings. The van der Waals surface area contributed by atoms with Crippen molar-refractivity contribution in [2.75, 3.05) is 6.79 Å². The van der Waals surface area contributed by atoms with Gasteiger partial charge in [0.25, 0.3) is 5.91 Å². The second kappa shape index (κ2) is 9.66. The summed E-state index contributed by atoms with van der Waals surface area (Å²) in [4.78, 5) is 22.2. The smallest absolute Gasteiger partial charge is 0.284 e. The fourth-order valence-electron chi connectivity index (χ4n) is 4.95. The van der Waals surface area contributed by atoms with Crippen LogP contribution in [0.3, 0.4) is 0 Å². The van der Waals surface area contributed by atoms with Gasteiger partial charge in [0.1, 0.15) is 12.2 Å². The summed E-state index contributed by atoms with van der Waals surface area (Å²) in [6.45, 7) is 0.459. The van der Waals surface area contributed by atoms with Crippen molar-refractivity contribution in [2.24, 2.45) is 10.2 Å². The van der Waals surface area contributed by atoms with Crippen LogP contribution < -0.4 is 9.47 Å². The number of rotatable bonds is 6. The quantitative estimate of drug-likeness (QED) is 0.270. The average molecular weight is 531 g/mol. The SMILES string of the molecule is O=C(Cn1c(-c2ccccn2)nc2ccccc21)N=Nc1c(O)n(Cc2ccc3c(c2)OCO3)c2ccccc12. The van der Waals surface area contributed by atoms with Crippen LogP contribution in [0.2, 0.25) is 0 Å². The number of hydrogen-bond acceptors (Lipinski definition) is 7. The number of aromatic nitrogens is 4. The number of azo groups is 1. The highest BCUT2D eigenvalue weighted by Gasteiger charge is 2.20. The van der Waals surface area contributed by atoms with Gasteiger partial charge in [-0.2, -0.15) is 0 Å². The molecule has 4 heterocycles. The molecule has 0 saturated carbocycles. The van der Waals surface area contributed by atoms with Crippen LogP contribution >= 0.6 is 0 Å². The molecule has 0 atom stereocenters. The minimum atomic E-state index is -0.493. The van der Waals surface area contributed by atoms with E-state index in [0.717, 1.165) is 22.1 Å². The Bertz CT molecular complexity index is 1930. The zero-order valence-electron chi connectivity index (χ0n) is 21.1. The highest BCUT2D eigenvalue weighted by Crippen LogP contribution is 2.40. The molecule has 0 unspecified atom stereocenters. The summed E-state index contributed by atoms with van der Waals surface area (Å²) in [5, 5.41) is 20.1. The van der Waals surface area contributed by atoms with E-state index in [1.54, 1.807) is 15.3 Å². The Labute approximate surface area is 227 Å². The van der Waals surface area contributed by atoms with Gasteiger partial charge >= 0.3 is 0 Å². The Kier molecular flexibility index (Phi) is 5.70. The molecular formula is C30H22N6O4. The standard InChI is InChI=1S/C30H22N6O4/c37-27(17-35-24-11-4-2-8-21(24)32-29(35)22-9-5-6-14-31-22)33-34-28-20-7-1-3-10-23(20)36(30(28)38)16-19-12-13-25-26(15-19)40-18-39-25/h1-15,38H,16-18H2. The van der Waals surface area contributed by atoms with Crippen molar-refractivity contribution < 1.29 is 19.4 Å². The molecule has 3 aromatic heterocycles.